The van der Waals surface area contributed by atoms with Gasteiger partial charge >= 0.3 is 80.8 Å². The van der Waals surface area contributed by atoms with E-state index in [0.717, 1.165) is 0 Å². The van der Waals surface area contributed by atoms with Crippen LogP contribution in [0.4, 0.5) is 0 Å². The summed E-state index contributed by atoms with van der Waals surface area (Å²) in [5.41, 5.74) is 0. The fraction of sp³-hybridized carbons (Fsp3) is 0. The molecular formula is H10GeInSbTe. The van der Waals surface area contributed by atoms with E-state index in [4.69, 9.17) is 0 Å². The Balaban J connectivity index is -0.00000000500. The molecule has 0 saturated heterocycles. The summed E-state index contributed by atoms with van der Waals surface area (Å²) in [4.78, 5) is 0. The first kappa shape index (κ1) is 15.7. The maximum absolute atomic E-state index is 1.88. The molecule has 0 aromatic carbocycles. The van der Waals surface area contributed by atoms with Gasteiger partial charge in [-0.15, -0.1) is 0 Å². The van der Waals surface area contributed by atoms with Crippen molar-refractivity contribution in [2.45, 2.75) is 0 Å². The number of hydrogen-bond acceptors (Lipinski definition) is 0. The van der Waals surface area contributed by atoms with Crippen molar-refractivity contribution in [2.24, 2.45) is 0 Å². The summed E-state index contributed by atoms with van der Waals surface area (Å²) in [6, 6.07) is 0. The summed E-state index contributed by atoms with van der Waals surface area (Å²) in [6.07, 6.45) is 0. The van der Waals surface area contributed by atoms with Gasteiger partial charge in [0.25, 0.3) is 0 Å². The third-order valence-corrected chi connectivity index (χ3v) is 0. The van der Waals surface area contributed by atoms with Gasteiger partial charge in [-0.05, 0) is 0 Å². The van der Waals surface area contributed by atoms with Crippen molar-refractivity contribution in [1.82, 2.24) is 0 Å². The van der Waals surface area contributed by atoms with E-state index in [1.165, 1.54) is 19.1 Å². The molecule has 0 saturated carbocycles. The molecule has 0 nitrogen and oxygen atoms in total. The van der Waals surface area contributed by atoms with Crippen LogP contribution in [-0.4, -0.2) is 80.8 Å². The quantitative estimate of drug-likeness (QED) is 0.331. The first-order valence-corrected chi connectivity index (χ1v) is 11.6. The summed E-state index contributed by atoms with van der Waals surface area (Å²) >= 11 is 3.28. The molecule has 0 aliphatic heterocycles. The van der Waals surface area contributed by atoms with Crippen LogP contribution in [0.3, 0.4) is 0 Å². The Kier molecular flexibility index (Phi) is 65.5. The first-order chi connectivity index (χ1) is 1.00. The Morgan fingerprint density at radius 1 is 1.25 bits per heavy atom. The van der Waals surface area contributed by atoms with Crippen LogP contribution in [0, 0.1) is 0 Å². The normalized spacial score (nSPS) is 1.50. The summed E-state index contributed by atoms with van der Waals surface area (Å²) in [5, 5.41) is 0. The maximum atomic E-state index is 1.88. The second-order valence-corrected chi connectivity index (χ2v) is 0. The summed E-state index contributed by atoms with van der Waals surface area (Å²) < 4.78 is 0. The third-order valence-electron chi connectivity index (χ3n) is 0. The monoisotopic (exact) mass is 450 g/mol. The topological polar surface area (TPSA) is 0 Å². The summed E-state index contributed by atoms with van der Waals surface area (Å²) in [6.45, 7) is 0. The number of hydrogen-bond donors (Lipinski definition) is 0. The zero-order chi connectivity index (χ0) is 2.00. The van der Waals surface area contributed by atoms with Gasteiger partial charge in [0.05, 0.1) is 0 Å². The second-order valence-electron chi connectivity index (χ2n) is 0. The Morgan fingerprint density at radius 2 is 1.25 bits per heavy atom. The molecule has 0 atom stereocenters. The van der Waals surface area contributed by atoms with Crippen molar-refractivity contribution in [3.05, 3.63) is 0 Å². The molecular weight excluding hydrogens is 437 g/mol. The van der Waals surface area contributed by atoms with Gasteiger partial charge in [-0.3, -0.25) is 0 Å². The first-order valence-electron chi connectivity index (χ1n) is 0.258. The van der Waals surface area contributed by atoms with Gasteiger partial charge < -0.3 is 0 Å². The molecule has 0 unspecified atom stereocenters. The number of rotatable bonds is 0. The van der Waals surface area contributed by atoms with E-state index >= 15 is 0 Å². The Morgan fingerprint density at radius 3 is 1.25 bits per heavy atom. The molecule has 0 spiro atoms. The van der Waals surface area contributed by atoms with Crippen LogP contribution in [0.25, 0.3) is 0 Å². The van der Waals surface area contributed by atoms with Crippen LogP contribution in [0.1, 0.15) is 0 Å². The average molecular weight is 447 g/mol. The summed E-state index contributed by atoms with van der Waals surface area (Å²) in [7, 11) is 0. The standard InChI is InChI=1S/GeH4.In.Sb.H2Te.5H/h1H4;;;1H2;;;;;/q;;+1;;;;;;/p-1. The van der Waals surface area contributed by atoms with Crippen molar-refractivity contribution < 1.29 is 0 Å². The Labute approximate surface area is 79.0 Å². The molecule has 0 aliphatic rings. The molecule has 0 aromatic rings. The molecule has 0 aliphatic carbocycles. The van der Waals surface area contributed by atoms with Gasteiger partial charge in [-0.2, -0.15) is 0 Å². The minimum absolute atomic E-state index is 0. The van der Waals surface area contributed by atoms with E-state index < -0.39 is 0 Å². The van der Waals surface area contributed by atoms with Gasteiger partial charge in [0.15, 0.2) is 0 Å². The van der Waals surface area contributed by atoms with Gasteiger partial charge in [0.1, 0.15) is 0 Å². The molecule has 4 heteroatoms. The van der Waals surface area contributed by atoms with Gasteiger partial charge in [-0.1, -0.05) is 0 Å². The fourth-order valence-corrected chi connectivity index (χ4v) is 0. The van der Waals surface area contributed by atoms with E-state index in [9.17, 15) is 0 Å². The zero-order valence-corrected chi connectivity index (χ0v) is 6.87. The van der Waals surface area contributed by atoms with Crippen LogP contribution in [0.2, 0.25) is 0 Å². The molecule has 4 heavy (non-hydrogen) atoms. The van der Waals surface area contributed by atoms with Gasteiger partial charge in [-0.25, -0.2) is 0 Å². The van der Waals surface area contributed by atoms with Gasteiger partial charge in [0, 0.05) is 0 Å². The Hall–Kier alpha value is 3.02. The van der Waals surface area contributed by atoms with E-state index in [0.29, 0.717) is 0 Å². The minimum atomic E-state index is 0. The van der Waals surface area contributed by atoms with E-state index in [-0.39, 0.29) is 43.4 Å². The third kappa shape index (κ3) is 8.90. The second kappa shape index (κ2) is 16.6. The molecule has 0 bridgehead atoms. The molecule has 0 N–H and O–H groups in total. The fourth-order valence-electron chi connectivity index (χ4n) is 0. The SMILES string of the molecule is [GeH4].[InH3].[SbH2][TeH]. The predicted octanol–water partition coefficient (Wildman–Crippen LogP) is -4.20. The molecule has 0 aromatic heterocycles. The van der Waals surface area contributed by atoms with Crippen molar-refractivity contribution >= 4 is 80.8 Å². The van der Waals surface area contributed by atoms with E-state index in [2.05, 4.69) is 0 Å². The van der Waals surface area contributed by atoms with E-state index in [1.54, 1.807) is 0 Å². The van der Waals surface area contributed by atoms with Crippen LogP contribution < -0.4 is 0 Å². The van der Waals surface area contributed by atoms with Crippen LogP contribution in [0.5, 0.6) is 0 Å². The predicted molar refractivity (Wildman–Crippen MR) is 37.0 cm³/mol. The van der Waals surface area contributed by atoms with Crippen LogP contribution in [0.15, 0.2) is 0 Å². The van der Waals surface area contributed by atoms with E-state index in [1.807, 2.05) is 18.2 Å². The van der Waals surface area contributed by atoms with Crippen molar-refractivity contribution in [1.29, 1.82) is 0 Å². The van der Waals surface area contributed by atoms with Crippen LogP contribution >= 0.6 is 0 Å². The molecule has 28 valence electrons. The molecule has 0 rings (SSSR count). The van der Waals surface area contributed by atoms with Crippen molar-refractivity contribution in [2.75, 3.05) is 0 Å². The molecule has 0 fully saturated rings. The molecule has 0 amide bonds. The molecule has 0 radical (unpaired) electrons. The Bertz CT molecular complexity index is 8.00. The summed E-state index contributed by atoms with van der Waals surface area (Å²) in [5.74, 6) is 0. The molecule has 0 heterocycles. The van der Waals surface area contributed by atoms with Crippen LogP contribution in [-0.2, 0) is 0 Å². The van der Waals surface area contributed by atoms with Crippen molar-refractivity contribution in [3.8, 4) is 0 Å². The van der Waals surface area contributed by atoms with Gasteiger partial charge in [0.2, 0.25) is 0 Å². The van der Waals surface area contributed by atoms with Crippen molar-refractivity contribution in [3.63, 3.8) is 0 Å². The average Bonchev–Trinajstić information content (AvgIpc) is 1.00. The zero-order valence-electron chi connectivity index (χ0n) is 1.02.